The number of aromatic nitrogens is 2. The topological polar surface area (TPSA) is 76.3 Å². The number of rotatable bonds is 3. The molecule has 4 rings (SSSR count). The minimum atomic E-state index is -0.276. The van der Waals surface area contributed by atoms with Crippen LogP contribution in [0.2, 0.25) is 0 Å². The van der Waals surface area contributed by atoms with E-state index in [1.807, 2.05) is 42.5 Å². The SMILES string of the molecule is CSc1ccc(C2C=C(c3nc4ccccc4[nH]3)N=C(N)O2)cc1. The van der Waals surface area contributed by atoms with Crippen LogP contribution in [0.1, 0.15) is 17.5 Å². The zero-order valence-corrected chi connectivity index (χ0v) is 13.9. The first-order chi connectivity index (χ1) is 11.7. The van der Waals surface area contributed by atoms with Crippen LogP contribution < -0.4 is 5.73 Å². The molecule has 1 aliphatic rings. The van der Waals surface area contributed by atoms with Gasteiger partial charge in [0, 0.05) is 4.90 Å². The third kappa shape index (κ3) is 2.76. The summed E-state index contributed by atoms with van der Waals surface area (Å²) in [6.07, 6.45) is 3.71. The smallest absolute Gasteiger partial charge is 0.288 e. The molecule has 0 amide bonds. The average molecular weight is 336 g/mol. The van der Waals surface area contributed by atoms with Gasteiger partial charge in [0.25, 0.3) is 6.02 Å². The molecule has 3 aromatic rings. The number of ether oxygens (including phenoxy) is 1. The minimum absolute atomic E-state index is 0.145. The molecule has 0 bridgehead atoms. The Hall–Kier alpha value is -2.73. The second-order valence-electron chi connectivity index (χ2n) is 5.42. The molecule has 1 aliphatic heterocycles. The normalized spacial score (nSPS) is 17.3. The highest BCUT2D eigenvalue weighted by Gasteiger charge is 2.20. The summed E-state index contributed by atoms with van der Waals surface area (Å²) in [6.45, 7) is 0. The van der Waals surface area contributed by atoms with Gasteiger partial charge in [-0.25, -0.2) is 4.98 Å². The molecule has 120 valence electrons. The fraction of sp³-hybridized carbons (Fsp3) is 0.111. The molecule has 0 fully saturated rings. The molecule has 24 heavy (non-hydrogen) atoms. The van der Waals surface area contributed by atoms with Gasteiger partial charge < -0.3 is 15.5 Å². The quantitative estimate of drug-likeness (QED) is 0.715. The summed E-state index contributed by atoms with van der Waals surface area (Å²) < 4.78 is 5.67. The van der Waals surface area contributed by atoms with E-state index in [0.717, 1.165) is 16.6 Å². The van der Waals surface area contributed by atoms with Crippen LogP contribution in [0.5, 0.6) is 0 Å². The monoisotopic (exact) mass is 336 g/mol. The maximum absolute atomic E-state index is 5.88. The summed E-state index contributed by atoms with van der Waals surface area (Å²) >= 11 is 1.70. The lowest BCUT2D eigenvalue weighted by molar-refractivity contribution is 0.233. The number of para-hydroxylation sites is 2. The van der Waals surface area contributed by atoms with Crippen molar-refractivity contribution in [3.63, 3.8) is 0 Å². The Kier molecular flexibility index (Phi) is 3.74. The fourth-order valence-corrected chi connectivity index (χ4v) is 3.06. The number of fused-ring (bicyclic) bond motifs is 1. The standard InChI is InChI=1S/C18H16N4OS/c1-24-12-8-6-11(7-9-12)16-10-15(22-18(19)23-16)17-20-13-4-2-3-5-14(13)21-17/h2-10,16H,1H3,(H2,19,22)(H,20,21). The van der Waals surface area contributed by atoms with Crippen molar-refractivity contribution in [3.05, 3.63) is 66.0 Å². The Morgan fingerprint density at radius 1 is 1.12 bits per heavy atom. The highest BCUT2D eigenvalue weighted by molar-refractivity contribution is 7.98. The van der Waals surface area contributed by atoms with Gasteiger partial charge in [0.15, 0.2) is 5.82 Å². The first kappa shape index (κ1) is 14.8. The van der Waals surface area contributed by atoms with Gasteiger partial charge in [-0.2, -0.15) is 4.99 Å². The van der Waals surface area contributed by atoms with Gasteiger partial charge in [0.1, 0.15) is 11.8 Å². The lowest BCUT2D eigenvalue weighted by Gasteiger charge is -2.20. The van der Waals surface area contributed by atoms with E-state index < -0.39 is 0 Å². The predicted octanol–water partition coefficient (Wildman–Crippen LogP) is 3.71. The molecule has 0 saturated carbocycles. The molecular weight excluding hydrogens is 320 g/mol. The Balaban J connectivity index is 1.71. The van der Waals surface area contributed by atoms with E-state index in [2.05, 4.69) is 33.3 Å². The molecule has 1 unspecified atom stereocenters. The van der Waals surface area contributed by atoms with Crippen LogP contribution in [0.15, 0.2) is 64.5 Å². The number of hydrogen-bond acceptors (Lipinski definition) is 5. The molecule has 3 N–H and O–H groups in total. The number of benzene rings is 2. The van der Waals surface area contributed by atoms with Crippen LogP contribution in [0.25, 0.3) is 16.7 Å². The summed E-state index contributed by atoms with van der Waals surface area (Å²) in [7, 11) is 0. The first-order valence-electron chi connectivity index (χ1n) is 7.54. The van der Waals surface area contributed by atoms with Gasteiger partial charge in [-0.05, 0) is 42.2 Å². The van der Waals surface area contributed by atoms with Crippen molar-refractivity contribution in [1.29, 1.82) is 0 Å². The van der Waals surface area contributed by atoms with Gasteiger partial charge >= 0.3 is 0 Å². The Morgan fingerprint density at radius 3 is 2.67 bits per heavy atom. The lowest BCUT2D eigenvalue weighted by Crippen LogP contribution is -2.22. The van der Waals surface area contributed by atoms with Crippen LogP contribution in [0.3, 0.4) is 0 Å². The van der Waals surface area contributed by atoms with Gasteiger partial charge in [-0.1, -0.05) is 24.3 Å². The molecule has 6 heteroatoms. The zero-order valence-electron chi connectivity index (χ0n) is 13.1. The molecular formula is C18H16N4OS. The van der Waals surface area contributed by atoms with Crippen molar-refractivity contribution in [2.45, 2.75) is 11.0 Å². The Labute approximate surface area is 143 Å². The van der Waals surface area contributed by atoms with Gasteiger partial charge in [0.05, 0.1) is 11.0 Å². The van der Waals surface area contributed by atoms with Crippen LogP contribution in [0, 0.1) is 0 Å². The second-order valence-corrected chi connectivity index (χ2v) is 6.30. The van der Waals surface area contributed by atoms with Crippen LogP contribution >= 0.6 is 11.8 Å². The van der Waals surface area contributed by atoms with E-state index in [1.54, 1.807) is 11.8 Å². The molecule has 5 nitrogen and oxygen atoms in total. The number of nitrogens with one attached hydrogen (secondary N) is 1. The number of nitrogens with two attached hydrogens (primary N) is 1. The van der Waals surface area contributed by atoms with E-state index in [4.69, 9.17) is 10.5 Å². The van der Waals surface area contributed by atoms with Crippen LogP contribution in [-0.4, -0.2) is 22.2 Å². The number of amidine groups is 1. The summed E-state index contributed by atoms with van der Waals surface area (Å²) in [6, 6.07) is 16.2. The molecule has 2 aromatic carbocycles. The Morgan fingerprint density at radius 2 is 1.92 bits per heavy atom. The Bertz CT molecular complexity index is 910. The minimum Gasteiger partial charge on any atom is -0.453 e. The van der Waals surface area contributed by atoms with E-state index in [1.165, 1.54) is 4.90 Å². The highest BCUT2D eigenvalue weighted by atomic mass is 32.2. The number of nitrogens with zero attached hydrogens (tertiary/aromatic N) is 2. The number of imidazole rings is 1. The van der Waals surface area contributed by atoms with Crippen molar-refractivity contribution in [2.24, 2.45) is 10.7 Å². The average Bonchev–Trinajstić information content (AvgIpc) is 3.05. The number of thioether (sulfide) groups is 1. The number of hydrogen-bond donors (Lipinski definition) is 2. The third-order valence-corrected chi connectivity index (χ3v) is 4.61. The van der Waals surface area contributed by atoms with E-state index in [-0.39, 0.29) is 12.1 Å². The summed E-state index contributed by atoms with van der Waals surface area (Å²) in [5.74, 6) is 0.688. The summed E-state index contributed by atoms with van der Waals surface area (Å²) in [4.78, 5) is 13.4. The van der Waals surface area contributed by atoms with E-state index in [9.17, 15) is 0 Å². The van der Waals surface area contributed by atoms with Crippen LogP contribution in [-0.2, 0) is 4.74 Å². The largest absolute Gasteiger partial charge is 0.453 e. The summed E-state index contributed by atoms with van der Waals surface area (Å²) in [5.41, 5.74) is 9.46. The number of aromatic amines is 1. The van der Waals surface area contributed by atoms with Crippen molar-refractivity contribution >= 4 is 34.5 Å². The van der Waals surface area contributed by atoms with Gasteiger partial charge in [-0.3, -0.25) is 0 Å². The third-order valence-electron chi connectivity index (χ3n) is 3.86. The zero-order chi connectivity index (χ0) is 16.5. The fourth-order valence-electron chi connectivity index (χ4n) is 2.65. The van der Waals surface area contributed by atoms with Crippen molar-refractivity contribution in [1.82, 2.24) is 9.97 Å². The number of H-pyrrole nitrogens is 1. The van der Waals surface area contributed by atoms with Gasteiger partial charge in [-0.15, -0.1) is 11.8 Å². The predicted molar refractivity (Wildman–Crippen MR) is 97.7 cm³/mol. The van der Waals surface area contributed by atoms with Gasteiger partial charge in [0.2, 0.25) is 0 Å². The van der Waals surface area contributed by atoms with Crippen molar-refractivity contribution in [2.75, 3.05) is 6.26 Å². The summed E-state index contributed by atoms with van der Waals surface area (Å²) in [5, 5.41) is 0. The maximum Gasteiger partial charge on any atom is 0.288 e. The maximum atomic E-state index is 5.88. The molecule has 0 radical (unpaired) electrons. The lowest BCUT2D eigenvalue weighted by atomic mass is 10.1. The second kappa shape index (κ2) is 6.05. The molecule has 1 atom stereocenters. The van der Waals surface area contributed by atoms with Crippen molar-refractivity contribution in [3.8, 4) is 0 Å². The molecule has 1 aromatic heterocycles. The number of aliphatic imine (C=N–C) groups is 1. The highest BCUT2D eigenvalue weighted by Crippen LogP contribution is 2.29. The van der Waals surface area contributed by atoms with E-state index >= 15 is 0 Å². The van der Waals surface area contributed by atoms with E-state index in [0.29, 0.717) is 11.5 Å². The van der Waals surface area contributed by atoms with Crippen LogP contribution in [0.4, 0.5) is 0 Å². The first-order valence-corrected chi connectivity index (χ1v) is 8.77. The molecule has 2 heterocycles. The molecule has 0 saturated heterocycles. The van der Waals surface area contributed by atoms with Crippen molar-refractivity contribution < 1.29 is 4.74 Å². The molecule has 0 spiro atoms. The molecule has 0 aliphatic carbocycles.